The van der Waals surface area contributed by atoms with E-state index in [1.165, 1.54) is 0 Å². The molecule has 3 heteroatoms. The minimum absolute atomic E-state index is 0.150. The summed E-state index contributed by atoms with van der Waals surface area (Å²) in [6.07, 6.45) is 1.11. The summed E-state index contributed by atoms with van der Waals surface area (Å²) in [5, 5.41) is 1.54. The molecule has 2 atom stereocenters. The Balaban J connectivity index is 2.38. The molecule has 1 fully saturated rings. The van der Waals surface area contributed by atoms with Crippen LogP contribution in [0.3, 0.4) is 0 Å². The van der Waals surface area contributed by atoms with Crippen LogP contribution in [-0.2, 0) is 5.41 Å². The minimum Gasteiger partial charge on any atom is -0.330 e. The average Bonchev–Trinajstić information content (AvgIpc) is 2.83. The Kier molecular flexibility index (Phi) is 2.50. The first-order chi connectivity index (χ1) is 6.58. The van der Waals surface area contributed by atoms with Gasteiger partial charge >= 0.3 is 0 Å². The van der Waals surface area contributed by atoms with E-state index in [4.69, 9.17) is 28.9 Å². The third kappa shape index (κ3) is 1.54. The van der Waals surface area contributed by atoms with Crippen molar-refractivity contribution in [1.29, 1.82) is 0 Å². The molecule has 2 unspecified atom stereocenters. The number of halogens is 2. The van der Waals surface area contributed by atoms with Gasteiger partial charge in [0.1, 0.15) is 0 Å². The molecule has 0 saturated heterocycles. The largest absolute Gasteiger partial charge is 0.330 e. The van der Waals surface area contributed by atoms with Gasteiger partial charge in [0.15, 0.2) is 0 Å². The van der Waals surface area contributed by atoms with E-state index in [9.17, 15) is 0 Å². The van der Waals surface area contributed by atoms with Crippen LogP contribution in [0.1, 0.15) is 18.9 Å². The van der Waals surface area contributed by atoms with Gasteiger partial charge in [-0.3, -0.25) is 0 Å². The van der Waals surface area contributed by atoms with Crippen molar-refractivity contribution in [2.75, 3.05) is 6.54 Å². The summed E-state index contributed by atoms with van der Waals surface area (Å²) in [6, 6.07) is 5.63. The Hall–Kier alpha value is -0.240. The second-order valence-corrected chi connectivity index (χ2v) is 5.02. The van der Waals surface area contributed by atoms with Crippen molar-refractivity contribution < 1.29 is 0 Å². The summed E-state index contributed by atoms with van der Waals surface area (Å²) in [5.41, 5.74) is 6.95. The molecule has 1 aromatic rings. The highest BCUT2D eigenvalue weighted by atomic mass is 35.5. The van der Waals surface area contributed by atoms with Crippen molar-refractivity contribution in [3.8, 4) is 0 Å². The second-order valence-electron chi connectivity index (χ2n) is 4.18. The molecule has 0 aliphatic heterocycles. The molecule has 1 nitrogen and oxygen atoms in total. The molecular weight excluding hydrogens is 217 g/mol. The number of rotatable bonds is 2. The van der Waals surface area contributed by atoms with E-state index in [-0.39, 0.29) is 5.41 Å². The van der Waals surface area contributed by atoms with Gasteiger partial charge in [0, 0.05) is 10.0 Å². The number of hydrogen-bond acceptors (Lipinski definition) is 1. The zero-order valence-corrected chi connectivity index (χ0v) is 9.57. The van der Waals surface area contributed by atoms with Crippen LogP contribution in [0.4, 0.5) is 0 Å². The van der Waals surface area contributed by atoms with Crippen molar-refractivity contribution >= 4 is 23.2 Å². The van der Waals surface area contributed by atoms with Gasteiger partial charge in [0.2, 0.25) is 0 Å². The lowest BCUT2D eigenvalue weighted by Crippen LogP contribution is -2.12. The van der Waals surface area contributed by atoms with Crippen LogP contribution in [0.5, 0.6) is 0 Å². The van der Waals surface area contributed by atoms with E-state index in [2.05, 4.69) is 6.92 Å². The Labute approximate surface area is 94.2 Å². The fourth-order valence-corrected chi connectivity index (χ4v) is 2.57. The van der Waals surface area contributed by atoms with Crippen LogP contribution in [0.15, 0.2) is 18.2 Å². The molecule has 1 aromatic carbocycles. The predicted molar refractivity (Wildman–Crippen MR) is 61.0 cm³/mol. The van der Waals surface area contributed by atoms with E-state index in [1.54, 1.807) is 0 Å². The topological polar surface area (TPSA) is 26.0 Å². The van der Waals surface area contributed by atoms with Gasteiger partial charge in [-0.05, 0) is 48.1 Å². The fourth-order valence-electron chi connectivity index (χ4n) is 2.06. The monoisotopic (exact) mass is 229 g/mol. The molecule has 0 bridgehead atoms. The summed E-state index contributed by atoms with van der Waals surface area (Å²) in [4.78, 5) is 0. The summed E-state index contributed by atoms with van der Waals surface area (Å²) in [5.74, 6) is 0.554. The minimum atomic E-state index is 0.150. The van der Waals surface area contributed by atoms with Crippen LogP contribution in [0.25, 0.3) is 0 Å². The molecular formula is C11H13Cl2N. The van der Waals surface area contributed by atoms with Gasteiger partial charge in [-0.15, -0.1) is 0 Å². The summed E-state index contributed by atoms with van der Waals surface area (Å²) in [6.45, 7) is 2.92. The highest BCUT2D eigenvalue weighted by Gasteiger charge is 2.51. The van der Waals surface area contributed by atoms with E-state index >= 15 is 0 Å². The molecule has 2 N–H and O–H groups in total. The fraction of sp³-hybridized carbons (Fsp3) is 0.455. The van der Waals surface area contributed by atoms with Crippen molar-refractivity contribution in [2.24, 2.45) is 11.7 Å². The van der Waals surface area contributed by atoms with Crippen molar-refractivity contribution in [2.45, 2.75) is 18.8 Å². The SMILES string of the molecule is CC1(c2cc(Cl)ccc2Cl)CC1CN. The van der Waals surface area contributed by atoms with Crippen molar-refractivity contribution in [1.82, 2.24) is 0 Å². The first-order valence-electron chi connectivity index (χ1n) is 4.73. The summed E-state index contributed by atoms with van der Waals surface area (Å²) < 4.78 is 0. The molecule has 0 heterocycles. The maximum atomic E-state index is 6.14. The predicted octanol–water partition coefficient (Wildman–Crippen LogP) is 3.23. The van der Waals surface area contributed by atoms with Crippen molar-refractivity contribution in [3.63, 3.8) is 0 Å². The Bertz CT molecular complexity index is 364. The average molecular weight is 230 g/mol. The third-order valence-electron chi connectivity index (χ3n) is 3.24. The Morgan fingerprint density at radius 1 is 1.50 bits per heavy atom. The number of nitrogens with two attached hydrogens (primary N) is 1. The molecule has 0 spiro atoms. The molecule has 14 heavy (non-hydrogen) atoms. The van der Waals surface area contributed by atoms with E-state index in [0.29, 0.717) is 5.92 Å². The van der Waals surface area contributed by atoms with Gasteiger partial charge in [-0.2, -0.15) is 0 Å². The molecule has 2 rings (SSSR count). The Morgan fingerprint density at radius 2 is 2.21 bits per heavy atom. The third-order valence-corrected chi connectivity index (χ3v) is 3.80. The van der Waals surface area contributed by atoms with Crippen LogP contribution >= 0.6 is 23.2 Å². The highest BCUT2D eigenvalue weighted by Crippen LogP contribution is 2.55. The van der Waals surface area contributed by atoms with Gasteiger partial charge in [-0.25, -0.2) is 0 Å². The van der Waals surface area contributed by atoms with E-state index in [1.807, 2.05) is 18.2 Å². The molecule has 0 amide bonds. The molecule has 1 saturated carbocycles. The van der Waals surface area contributed by atoms with Crippen LogP contribution in [0, 0.1) is 5.92 Å². The lowest BCUT2D eigenvalue weighted by molar-refractivity contribution is 0.666. The standard InChI is InChI=1S/C11H13Cl2N/c1-11(5-7(11)6-14)9-4-8(12)2-3-10(9)13/h2-4,7H,5-6,14H2,1H3. The van der Waals surface area contributed by atoms with Gasteiger partial charge in [-0.1, -0.05) is 30.1 Å². The zero-order chi connectivity index (χ0) is 10.3. The smallest absolute Gasteiger partial charge is 0.0444 e. The maximum Gasteiger partial charge on any atom is 0.0444 e. The van der Waals surface area contributed by atoms with Gasteiger partial charge in [0.05, 0.1) is 0 Å². The van der Waals surface area contributed by atoms with Crippen LogP contribution in [-0.4, -0.2) is 6.54 Å². The number of benzene rings is 1. The van der Waals surface area contributed by atoms with Gasteiger partial charge < -0.3 is 5.73 Å². The Morgan fingerprint density at radius 3 is 2.79 bits per heavy atom. The summed E-state index contributed by atoms with van der Waals surface area (Å²) >= 11 is 12.1. The van der Waals surface area contributed by atoms with Crippen LogP contribution in [0.2, 0.25) is 10.0 Å². The maximum absolute atomic E-state index is 6.14. The molecule has 0 radical (unpaired) electrons. The normalized spacial score (nSPS) is 30.4. The first kappa shape index (κ1) is 10.3. The lowest BCUT2D eigenvalue weighted by Gasteiger charge is -2.13. The lowest BCUT2D eigenvalue weighted by atomic mass is 9.95. The molecule has 76 valence electrons. The van der Waals surface area contributed by atoms with Crippen molar-refractivity contribution in [3.05, 3.63) is 33.8 Å². The zero-order valence-electron chi connectivity index (χ0n) is 8.06. The second kappa shape index (κ2) is 3.41. The van der Waals surface area contributed by atoms with Gasteiger partial charge in [0.25, 0.3) is 0 Å². The highest BCUT2D eigenvalue weighted by molar-refractivity contribution is 6.33. The quantitative estimate of drug-likeness (QED) is 0.829. The van der Waals surface area contributed by atoms with E-state index < -0.39 is 0 Å². The number of hydrogen-bond donors (Lipinski definition) is 1. The molecule has 1 aliphatic rings. The molecule has 1 aliphatic carbocycles. The molecule has 0 aromatic heterocycles. The van der Waals surface area contributed by atoms with E-state index in [0.717, 1.165) is 28.6 Å². The first-order valence-corrected chi connectivity index (χ1v) is 5.49. The van der Waals surface area contributed by atoms with Crippen LogP contribution < -0.4 is 5.73 Å². The summed E-state index contributed by atoms with van der Waals surface area (Å²) in [7, 11) is 0.